The van der Waals surface area contributed by atoms with Crippen LogP contribution in [-0.4, -0.2) is 49.4 Å². The van der Waals surface area contributed by atoms with Gasteiger partial charge in [-0.25, -0.2) is 9.37 Å². The average molecular weight is 356 g/mol. The van der Waals surface area contributed by atoms with Crippen molar-refractivity contribution in [2.45, 2.75) is 12.6 Å². The summed E-state index contributed by atoms with van der Waals surface area (Å²) in [5, 5.41) is 0.934. The molecule has 3 aromatic rings. The second-order valence-corrected chi connectivity index (χ2v) is 6.27. The summed E-state index contributed by atoms with van der Waals surface area (Å²) in [7, 11) is 6.88. The summed E-state index contributed by atoms with van der Waals surface area (Å²) >= 11 is 0. The summed E-state index contributed by atoms with van der Waals surface area (Å²) in [5.74, 6) is 1.44. The van der Waals surface area contributed by atoms with Gasteiger partial charge >= 0.3 is 0 Å². The molecule has 3 rings (SSSR count). The SMILES string of the molecule is COc1cccc(OC)c1-c1c[nH]c2nc(CC(F)[CH]N(C)C)ccc12. The Kier molecular flexibility index (Phi) is 5.42. The number of H-pyrrole nitrogens is 1. The molecular formula is C20H23FN3O2. The van der Waals surface area contributed by atoms with Crippen LogP contribution in [0, 0.1) is 6.54 Å². The number of hydrogen-bond acceptors (Lipinski definition) is 4. The van der Waals surface area contributed by atoms with Gasteiger partial charge in [-0.1, -0.05) is 6.07 Å². The van der Waals surface area contributed by atoms with Crippen molar-refractivity contribution in [3.8, 4) is 22.6 Å². The van der Waals surface area contributed by atoms with Gasteiger partial charge in [-0.15, -0.1) is 0 Å². The highest BCUT2D eigenvalue weighted by Gasteiger charge is 2.18. The van der Waals surface area contributed by atoms with Crippen LogP contribution in [0.15, 0.2) is 36.5 Å². The number of pyridine rings is 1. The van der Waals surface area contributed by atoms with Crippen molar-refractivity contribution in [1.82, 2.24) is 14.9 Å². The number of methoxy groups -OCH3 is 2. The second-order valence-electron chi connectivity index (χ2n) is 6.27. The lowest BCUT2D eigenvalue weighted by Crippen LogP contribution is -2.18. The number of nitrogens with one attached hydrogen (secondary N) is 1. The topological polar surface area (TPSA) is 50.4 Å². The Bertz CT molecular complexity index is 870. The first-order valence-electron chi connectivity index (χ1n) is 8.37. The maximum atomic E-state index is 14.0. The number of fused-ring (bicyclic) bond motifs is 1. The minimum atomic E-state index is -1.07. The predicted octanol–water partition coefficient (Wildman–Crippen LogP) is 3.85. The van der Waals surface area contributed by atoms with E-state index in [1.807, 2.05) is 36.5 Å². The Morgan fingerprint density at radius 3 is 2.46 bits per heavy atom. The van der Waals surface area contributed by atoms with Crippen molar-refractivity contribution in [3.05, 3.63) is 48.8 Å². The Morgan fingerprint density at radius 1 is 1.15 bits per heavy atom. The van der Waals surface area contributed by atoms with E-state index in [9.17, 15) is 4.39 Å². The van der Waals surface area contributed by atoms with Crippen molar-refractivity contribution >= 4 is 11.0 Å². The van der Waals surface area contributed by atoms with Crippen LogP contribution in [0.1, 0.15) is 5.69 Å². The molecule has 1 unspecified atom stereocenters. The number of hydrogen-bond donors (Lipinski definition) is 1. The van der Waals surface area contributed by atoms with Crippen LogP contribution in [0.5, 0.6) is 11.5 Å². The van der Waals surface area contributed by atoms with Gasteiger partial charge in [0.15, 0.2) is 0 Å². The monoisotopic (exact) mass is 356 g/mol. The summed E-state index contributed by atoms with van der Waals surface area (Å²) < 4.78 is 25.0. The molecule has 26 heavy (non-hydrogen) atoms. The van der Waals surface area contributed by atoms with Crippen molar-refractivity contribution < 1.29 is 13.9 Å². The third kappa shape index (κ3) is 3.65. The van der Waals surface area contributed by atoms with Crippen LogP contribution >= 0.6 is 0 Å². The molecule has 0 amide bonds. The van der Waals surface area contributed by atoms with Gasteiger partial charge < -0.3 is 19.4 Å². The zero-order valence-corrected chi connectivity index (χ0v) is 15.4. The number of nitrogens with zero attached hydrogens (tertiary/aromatic N) is 2. The zero-order chi connectivity index (χ0) is 18.7. The number of benzene rings is 1. The summed E-state index contributed by atoms with van der Waals surface area (Å²) in [5.41, 5.74) is 3.21. The van der Waals surface area contributed by atoms with Crippen molar-refractivity contribution in [2.75, 3.05) is 28.3 Å². The summed E-state index contributed by atoms with van der Waals surface area (Å²) in [4.78, 5) is 9.45. The van der Waals surface area contributed by atoms with E-state index in [-0.39, 0.29) is 6.42 Å². The number of aromatic nitrogens is 2. The lowest BCUT2D eigenvalue weighted by molar-refractivity contribution is 0.300. The Balaban J connectivity index is 1.98. The number of halogens is 1. The van der Waals surface area contributed by atoms with E-state index in [1.54, 1.807) is 33.2 Å². The quantitative estimate of drug-likeness (QED) is 0.699. The highest BCUT2D eigenvalue weighted by atomic mass is 19.1. The molecule has 0 aliphatic carbocycles. The van der Waals surface area contributed by atoms with E-state index in [1.165, 1.54) is 6.54 Å². The first kappa shape index (κ1) is 18.2. The van der Waals surface area contributed by atoms with E-state index >= 15 is 0 Å². The molecule has 1 N–H and O–H groups in total. The number of rotatable bonds is 7. The Hall–Kier alpha value is -2.60. The molecule has 1 aromatic carbocycles. The van der Waals surface area contributed by atoms with Crippen LogP contribution in [0.3, 0.4) is 0 Å². The fraction of sp³-hybridized carbons (Fsp3) is 0.300. The molecular weight excluding hydrogens is 333 g/mol. The van der Waals surface area contributed by atoms with Gasteiger partial charge in [-0.3, -0.25) is 0 Å². The Labute approximate surface area is 152 Å². The highest BCUT2D eigenvalue weighted by Crippen LogP contribution is 2.41. The van der Waals surface area contributed by atoms with Gasteiger partial charge in [0.05, 0.1) is 26.3 Å². The lowest BCUT2D eigenvalue weighted by Gasteiger charge is -2.13. The van der Waals surface area contributed by atoms with Gasteiger partial charge in [-0.05, 0) is 38.4 Å². The minimum Gasteiger partial charge on any atom is -0.496 e. The molecule has 0 saturated heterocycles. The average Bonchev–Trinajstić information content (AvgIpc) is 3.02. The van der Waals surface area contributed by atoms with Crippen molar-refractivity contribution in [1.29, 1.82) is 0 Å². The standard InChI is InChI=1S/C20H23FN3O2/c1-24(2)12-13(21)10-14-8-9-15-16(11-22-20(15)23-14)19-17(25-3)6-5-7-18(19)26-4/h5-9,11-13H,10H2,1-4H3,(H,22,23). The van der Waals surface area contributed by atoms with Gasteiger partial charge in [-0.2, -0.15) is 0 Å². The number of alkyl halides is 1. The van der Waals surface area contributed by atoms with Crippen molar-refractivity contribution in [3.63, 3.8) is 0 Å². The molecule has 0 aliphatic heterocycles. The predicted molar refractivity (Wildman–Crippen MR) is 101 cm³/mol. The molecule has 2 heterocycles. The van der Waals surface area contributed by atoms with Crippen LogP contribution in [-0.2, 0) is 6.42 Å². The number of ether oxygens (including phenoxy) is 2. The van der Waals surface area contributed by atoms with Crippen molar-refractivity contribution in [2.24, 2.45) is 0 Å². The van der Waals surface area contributed by atoms with Crippen LogP contribution in [0.2, 0.25) is 0 Å². The zero-order valence-electron chi connectivity index (χ0n) is 15.4. The van der Waals surface area contributed by atoms with Gasteiger partial charge in [0, 0.05) is 29.3 Å². The largest absolute Gasteiger partial charge is 0.496 e. The molecule has 0 spiro atoms. The number of aromatic amines is 1. The summed E-state index contributed by atoms with van der Waals surface area (Å²) in [6.45, 7) is 1.53. The van der Waals surface area contributed by atoms with E-state index < -0.39 is 6.17 Å². The summed E-state index contributed by atoms with van der Waals surface area (Å²) in [6, 6.07) is 9.48. The molecule has 1 radical (unpaired) electrons. The molecule has 0 saturated carbocycles. The van der Waals surface area contributed by atoms with Gasteiger partial charge in [0.25, 0.3) is 0 Å². The fourth-order valence-corrected chi connectivity index (χ4v) is 3.06. The molecule has 0 aliphatic rings. The molecule has 5 nitrogen and oxygen atoms in total. The molecule has 0 bridgehead atoms. The van der Waals surface area contributed by atoms with Gasteiger partial charge in [0.2, 0.25) is 0 Å². The van der Waals surface area contributed by atoms with E-state index in [0.29, 0.717) is 11.3 Å². The molecule has 137 valence electrons. The molecule has 0 fully saturated rings. The first-order chi connectivity index (χ1) is 12.5. The maximum absolute atomic E-state index is 14.0. The fourth-order valence-electron chi connectivity index (χ4n) is 3.06. The van der Waals surface area contributed by atoms with Gasteiger partial charge in [0.1, 0.15) is 23.3 Å². The lowest BCUT2D eigenvalue weighted by atomic mass is 10.0. The van der Waals surface area contributed by atoms with E-state index in [4.69, 9.17) is 9.47 Å². The summed E-state index contributed by atoms with van der Waals surface area (Å²) in [6.07, 6.45) is 1.04. The van der Waals surface area contributed by atoms with Crippen LogP contribution < -0.4 is 9.47 Å². The third-order valence-electron chi connectivity index (χ3n) is 4.16. The molecule has 6 heteroatoms. The molecule has 1 atom stereocenters. The first-order valence-corrected chi connectivity index (χ1v) is 8.37. The van der Waals surface area contributed by atoms with Crippen LogP contribution in [0.25, 0.3) is 22.2 Å². The highest BCUT2D eigenvalue weighted by molar-refractivity contribution is 5.97. The smallest absolute Gasteiger partial charge is 0.138 e. The maximum Gasteiger partial charge on any atom is 0.138 e. The van der Waals surface area contributed by atoms with E-state index in [2.05, 4.69) is 9.97 Å². The third-order valence-corrected chi connectivity index (χ3v) is 4.16. The van der Waals surface area contributed by atoms with Crippen LogP contribution in [0.4, 0.5) is 4.39 Å². The molecule has 2 aromatic heterocycles. The van der Waals surface area contributed by atoms with E-state index in [0.717, 1.165) is 28.0 Å². The minimum absolute atomic E-state index is 0.237. The normalized spacial score (nSPS) is 12.5. The Morgan fingerprint density at radius 2 is 1.85 bits per heavy atom. The second kappa shape index (κ2) is 7.74.